The Morgan fingerprint density at radius 2 is 1.83 bits per heavy atom. The van der Waals surface area contributed by atoms with Gasteiger partial charge >= 0.3 is 0 Å². The van der Waals surface area contributed by atoms with Gasteiger partial charge in [0.05, 0.1) is 11.1 Å². The molecule has 30 heavy (non-hydrogen) atoms. The van der Waals surface area contributed by atoms with Crippen molar-refractivity contribution in [3.05, 3.63) is 95.6 Å². The zero-order valence-electron chi connectivity index (χ0n) is 16.0. The maximum atomic E-state index is 10.1. The largest absolute Gasteiger partial charge is 0.506 e. The van der Waals surface area contributed by atoms with Gasteiger partial charge in [-0.05, 0) is 41.8 Å². The van der Waals surface area contributed by atoms with Crippen LogP contribution in [0.2, 0.25) is 0 Å². The fourth-order valence-electron chi connectivity index (χ4n) is 4.22. The first-order valence-corrected chi connectivity index (χ1v) is 10.8. The van der Waals surface area contributed by atoms with E-state index in [0.717, 1.165) is 22.4 Å². The van der Waals surface area contributed by atoms with Crippen molar-refractivity contribution in [1.29, 1.82) is 0 Å². The predicted octanol–water partition coefficient (Wildman–Crippen LogP) is 5.89. The molecular weight excluding hydrogens is 392 g/mol. The van der Waals surface area contributed by atoms with Gasteiger partial charge in [0.2, 0.25) is 5.88 Å². The van der Waals surface area contributed by atoms with Gasteiger partial charge in [0.1, 0.15) is 17.0 Å². The highest BCUT2D eigenvalue weighted by Gasteiger charge is 2.38. The Morgan fingerprint density at radius 3 is 2.80 bits per heavy atom. The second kappa shape index (κ2) is 6.89. The lowest BCUT2D eigenvalue weighted by Gasteiger charge is -2.09. The molecule has 4 nitrogen and oxygen atoms in total. The summed E-state index contributed by atoms with van der Waals surface area (Å²) in [4.78, 5) is 9.50. The van der Waals surface area contributed by atoms with Crippen molar-refractivity contribution in [2.75, 3.05) is 0 Å². The molecule has 0 amide bonds. The SMILES string of the molecule is Oc1cccc2ccc(Oc3cccc(C4=N[C@@H]5c6ccccc6C[C@H]5S4)c3)nc12. The van der Waals surface area contributed by atoms with Crippen LogP contribution in [-0.2, 0) is 6.42 Å². The molecule has 1 aliphatic carbocycles. The van der Waals surface area contributed by atoms with Crippen molar-refractivity contribution >= 4 is 27.7 Å². The van der Waals surface area contributed by atoms with E-state index in [9.17, 15) is 5.11 Å². The number of aromatic nitrogens is 1. The quantitative estimate of drug-likeness (QED) is 0.457. The first-order valence-electron chi connectivity index (χ1n) is 9.94. The molecule has 4 aromatic rings. The van der Waals surface area contributed by atoms with Crippen LogP contribution in [0.25, 0.3) is 10.9 Å². The summed E-state index contributed by atoms with van der Waals surface area (Å²) in [5.74, 6) is 1.30. The number of phenolic OH excluding ortho intramolecular Hbond substituents is 1. The highest BCUT2D eigenvalue weighted by atomic mass is 32.2. The molecule has 0 unspecified atom stereocenters. The number of aromatic hydroxyl groups is 1. The molecule has 6 rings (SSSR count). The second-order valence-corrected chi connectivity index (χ2v) is 8.79. The number of nitrogens with zero attached hydrogens (tertiary/aromatic N) is 2. The molecule has 0 spiro atoms. The molecule has 1 N–H and O–H groups in total. The summed E-state index contributed by atoms with van der Waals surface area (Å²) in [7, 11) is 0. The van der Waals surface area contributed by atoms with Crippen LogP contribution in [0.5, 0.6) is 17.4 Å². The fraction of sp³-hybridized carbons (Fsp3) is 0.120. The smallest absolute Gasteiger partial charge is 0.219 e. The Balaban J connectivity index is 1.29. The van der Waals surface area contributed by atoms with Gasteiger partial charge in [-0.3, -0.25) is 4.99 Å². The Morgan fingerprint density at radius 1 is 0.933 bits per heavy atom. The minimum absolute atomic E-state index is 0.148. The number of benzene rings is 3. The third kappa shape index (κ3) is 2.94. The number of hydrogen-bond donors (Lipinski definition) is 1. The Bertz CT molecular complexity index is 1320. The number of aliphatic imine (C=N–C) groups is 1. The second-order valence-electron chi connectivity index (χ2n) is 7.57. The minimum atomic E-state index is 0.148. The molecule has 2 atom stereocenters. The number of hydrogen-bond acceptors (Lipinski definition) is 5. The van der Waals surface area contributed by atoms with E-state index in [4.69, 9.17) is 9.73 Å². The van der Waals surface area contributed by atoms with E-state index in [2.05, 4.69) is 35.3 Å². The van der Waals surface area contributed by atoms with Gasteiger partial charge in [-0.1, -0.05) is 60.3 Å². The lowest BCUT2D eigenvalue weighted by Crippen LogP contribution is -2.02. The van der Waals surface area contributed by atoms with Crippen LogP contribution in [0.3, 0.4) is 0 Å². The molecule has 146 valence electrons. The topological polar surface area (TPSA) is 54.7 Å². The van der Waals surface area contributed by atoms with E-state index >= 15 is 0 Å². The number of para-hydroxylation sites is 1. The molecule has 5 heteroatoms. The molecule has 0 saturated heterocycles. The van der Waals surface area contributed by atoms with Crippen LogP contribution in [-0.4, -0.2) is 20.4 Å². The average molecular weight is 410 g/mol. The summed E-state index contributed by atoms with van der Waals surface area (Å²) >= 11 is 1.86. The first-order chi connectivity index (χ1) is 14.7. The zero-order valence-corrected chi connectivity index (χ0v) is 16.8. The summed E-state index contributed by atoms with van der Waals surface area (Å²) < 4.78 is 6.01. The van der Waals surface area contributed by atoms with Gasteiger partial charge in [-0.15, -0.1) is 0 Å². The lowest BCUT2D eigenvalue weighted by atomic mass is 10.1. The molecule has 0 bridgehead atoms. The highest BCUT2D eigenvalue weighted by Crippen LogP contribution is 2.47. The van der Waals surface area contributed by atoms with Crippen molar-refractivity contribution in [3.63, 3.8) is 0 Å². The van der Waals surface area contributed by atoms with Crippen molar-refractivity contribution in [2.24, 2.45) is 4.99 Å². The Kier molecular flexibility index (Phi) is 4.03. The van der Waals surface area contributed by atoms with Gasteiger partial charge in [0, 0.05) is 22.3 Å². The van der Waals surface area contributed by atoms with E-state index in [1.807, 2.05) is 48.2 Å². The zero-order chi connectivity index (χ0) is 20.1. The number of fused-ring (bicyclic) bond motifs is 4. The minimum Gasteiger partial charge on any atom is -0.506 e. The number of thioether (sulfide) groups is 1. The first kappa shape index (κ1) is 17.5. The summed E-state index contributed by atoms with van der Waals surface area (Å²) in [5, 5.41) is 12.5. The van der Waals surface area contributed by atoms with E-state index in [0.29, 0.717) is 22.4 Å². The van der Waals surface area contributed by atoms with Crippen LogP contribution in [0, 0.1) is 0 Å². The van der Waals surface area contributed by atoms with Gasteiger partial charge < -0.3 is 9.84 Å². The van der Waals surface area contributed by atoms with E-state index in [1.54, 1.807) is 12.1 Å². The lowest BCUT2D eigenvalue weighted by molar-refractivity contribution is 0.460. The van der Waals surface area contributed by atoms with E-state index in [1.165, 1.54) is 11.1 Å². The molecule has 3 aromatic carbocycles. The Hall–Kier alpha value is -3.31. The van der Waals surface area contributed by atoms with Crippen LogP contribution < -0.4 is 4.74 Å². The van der Waals surface area contributed by atoms with Gasteiger partial charge in [0.25, 0.3) is 0 Å². The normalized spacial score (nSPS) is 19.4. The third-order valence-corrected chi connectivity index (χ3v) is 6.93. The maximum absolute atomic E-state index is 10.1. The Labute approximate surface area is 178 Å². The summed E-state index contributed by atoms with van der Waals surface area (Å²) in [6.45, 7) is 0. The summed E-state index contributed by atoms with van der Waals surface area (Å²) in [6, 6.07) is 25.9. The van der Waals surface area contributed by atoms with E-state index in [-0.39, 0.29) is 11.8 Å². The number of rotatable bonds is 3. The van der Waals surface area contributed by atoms with Gasteiger partial charge in [0.15, 0.2) is 0 Å². The predicted molar refractivity (Wildman–Crippen MR) is 121 cm³/mol. The number of ether oxygens (including phenoxy) is 1. The summed E-state index contributed by atoms with van der Waals surface area (Å²) in [6.07, 6.45) is 1.07. The number of phenols is 1. The van der Waals surface area contributed by atoms with Crippen molar-refractivity contribution in [2.45, 2.75) is 17.7 Å². The maximum Gasteiger partial charge on any atom is 0.219 e. The van der Waals surface area contributed by atoms with Crippen molar-refractivity contribution < 1.29 is 9.84 Å². The van der Waals surface area contributed by atoms with Crippen molar-refractivity contribution in [3.8, 4) is 17.4 Å². The van der Waals surface area contributed by atoms with Crippen LogP contribution in [0.15, 0.2) is 83.9 Å². The average Bonchev–Trinajstić information content (AvgIpc) is 3.33. The molecule has 0 radical (unpaired) electrons. The van der Waals surface area contributed by atoms with Crippen LogP contribution in [0.1, 0.15) is 22.7 Å². The molecule has 2 aliphatic rings. The molecule has 2 heterocycles. The third-order valence-electron chi connectivity index (χ3n) is 5.64. The van der Waals surface area contributed by atoms with Crippen LogP contribution in [0.4, 0.5) is 0 Å². The van der Waals surface area contributed by atoms with E-state index < -0.39 is 0 Å². The standard InChI is InChI=1S/C25H18N2O2S/c28-20-10-4-6-15-11-12-22(26-23(15)20)29-18-8-3-7-17(13-18)25-27-24-19-9-2-1-5-16(19)14-21(24)30-25/h1-13,21,24,28H,14H2/t21-,24-/m1/s1. The number of pyridine rings is 1. The molecule has 0 fully saturated rings. The highest BCUT2D eigenvalue weighted by molar-refractivity contribution is 8.15. The molecule has 1 aliphatic heterocycles. The molecule has 1 aromatic heterocycles. The van der Waals surface area contributed by atoms with Gasteiger partial charge in [-0.2, -0.15) is 0 Å². The van der Waals surface area contributed by atoms with Crippen molar-refractivity contribution in [1.82, 2.24) is 4.98 Å². The molecular formula is C25H18N2O2S. The van der Waals surface area contributed by atoms with Gasteiger partial charge in [-0.25, -0.2) is 4.98 Å². The van der Waals surface area contributed by atoms with Crippen LogP contribution >= 0.6 is 11.8 Å². The summed E-state index contributed by atoms with van der Waals surface area (Å²) in [5.41, 5.74) is 4.38. The monoisotopic (exact) mass is 410 g/mol. The fourth-order valence-corrected chi connectivity index (χ4v) is 5.55. The molecule has 0 saturated carbocycles.